The van der Waals surface area contributed by atoms with Crippen LogP contribution in [0.15, 0.2) is 11.8 Å². The van der Waals surface area contributed by atoms with E-state index in [4.69, 9.17) is 4.74 Å². The van der Waals surface area contributed by atoms with Gasteiger partial charge in [-0.3, -0.25) is 4.79 Å². The van der Waals surface area contributed by atoms with E-state index in [0.29, 0.717) is 12.2 Å². The van der Waals surface area contributed by atoms with Crippen LogP contribution in [-0.2, 0) is 19.1 Å². The molecule has 1 saturated carbocycles. The SMILES string of the molecule is COC(=O)/C(=C/[C@@H](C)[C@@H]1CCCCC1=O)OC. The average molecular weight is 240 g/mol. The normalized spacial score (nSPS) is 23.1. The molecule has 1 aliphatic carbocycles. The van der Waals surface area contributed by atoms with Crippen molar-refractivity contribution in [3.8, 4) is 0 Å². The minimum Gasteiger partial charge on any atom is -0.490 e. The lowest BCUT2D eigenvalue weighted by atomic mass is 9.79. The fourth-order valence-electron chi connectivity index (χ4n) is 2.24. The molecule has 0 unspecified atom stereocenters. The summed E-state index contributed by atoms with van der Waals surface area (Å²) in [7, 11) is 2.74. The lowest BCUT2D eigenvalue weighted by Gasteiger charge is -2.24. The third-order valence-electron chi connectivity index (χ3n) is 3.26. The number of ether oxygens (including phenoxy) is 2. The molecule has 17 heavy (non-hydrogen) atoms. The van der Waals surface area contributed by atoms with Crippen LogP contribution < -0.4 is 0 Å². The molecule has 2 atom stereocenters. The highest BCUT2D eigenvalue weighted by Gasteiger charge is 2.27. The summed E-state index contributed by atoms with van der Waals surface area (Å²) in [6, 6.07) is 0. The van der Waals surface area contributed by atoms with Gasteiger partial charge in [-0.05, 0) is 24.8 Å². The fourth-order valence-corrected chi connectivity index (χ4v) is 2.24. The number of Topliss-reactive ketones (excluding diaryl/α,β-unsaturated/α-hetero) is 1. The Morgan fingerprint density at radius 3 is 2.59 bits per heavy atom. The van der Waals surface area contributed by atoms with Gasteiger partial charge in [0.25, 0.3) is 0 Å². The molecule has 0 heterocycles. The number of carbonyl (C=O) groups excluding carboxylic acids is 2. The van der Waals surface area contributed by atoms with Gasteiger partial charge in [0.05, 0.1) is 14.2 Å². The molecule has 0 radical (unpaired) electrons. The van der Waals surface area contributed by atoms with Crippen molar-refractivity contribution in [1.29, 1.82) is 0 Å². The maximum Gasteiger partial charge on any atom is 0.372 e. The van der Waals surface area contributed by atoms with Crippen LogP contribution in [0, 0.1) is 11.8 Å². The molecule has 0 aliphatic heterocycles. The van der Waals surface area contributed by atoms with Crippen LogP contribution in [-0.4, -0.2) is 26.0 Å². The molecular weight excluding hydrogens is 220 g/mol. The van der Waals surface area contributed by atoms with E-state index in [2.05, 4.69) is 4.74 Å². The molecule has 0 bridgehead atoms. The van der Waals surface area contributed by atoms with Crippen molar-refractivity contribution in [2.24, 2.45) is 11.8 Å². The Balaban J connectivity index is 2.73. The summed E-state index contributed by atoms with van der Waals surface area (Å²) in [4.78, 5) is 23.1. The first-order valence-corrected chi connectivity index (χ1v) is 5.97. The molecule has 0 N–H and O–H groups in total. The number of ketones is 1. The highest BCUT2D eigenvalue weighted by Crippen LogP contribution is 2.28. The maximum atomic E-state index is 11.8. The molecule has 1 rings (SSSR count). The zero-order valence-corrected chi connectivity index (χ0v) is 10.7. The van der Waals surface area contributed by atoms with E-state index in [-0.39, 0.29) is 17.6 Å². The Bertz CT molecular complexity index is 319. The van der Waals surface area contributed by atoms with E-state index in [1.165, 1.54) is 14.2 Å². The average Bonchev–Trinajstić information content (AvgIpc) is 2.35. The highest BCUT2D eigenvalue weighted by molar-refractivity contribution is 5.86. The van der Waals surface area contributed by atoms with Crippen molar-refractivity contribution in [3.63, 3.8) is 0 Å². The monoisotopic (exact) mass is 240 g/mol. The molecule has 1 fully saturated rings. The van der Waals surface area contributed by atoms with E-state index < -0.39 is 5.97 Å². The number of hydrogen-bond acceptors (Lipinski definition) is 4. The van der Waals surface area contributed by atoms with E-state index in [9.17, 15) is 9.59 Å². The maximum absolute atomic E-state index is 11.8. The van der Waals surface area contributed by atoms with Crippen LogP contribution in [0.4, 0.5) is 0 Å². The Morgan fingerprint density at radius 2 is 2.06 bits per heavy atom. The van der Waals surface area contributed by atoms with Crippen molar-refractivity contribution in [3.05, 3.63) is 11.8 Å². The first kappa shape index (κ1) is 13.7. The summed E-state index contributed by atoms with van der Waals surface area (Å²) in [5.74, 6) is -0.00305. The third-order valence-corrected chi connectivity index (χ3v) is 3.26. The molecule has 0 aromatic rings. The van der Waals surface area contributed by atoms with Crippen LogP contribution in [0.3, 0.4) is 0 Å². The summed E-state index contributed by atoms with van der Waals surface area (Å²) >= 11 is 0. The Morgan fingerprint density at radius 1 is 1.35 bits per heavy atom. The lowest BCUT2D eigenvalue weighted by molar-refractivity contribution is -0.139. The van der Waals surface area contributed by atoms with E-state index in [0.717, 1.165) is 19.3 Å². The summed E-state index contributed by atoms with van der Waals surface area (Å²) < 4.78 is 9.58. The van der Waals surface area contributed by atoms with Gasteiger partial charge in [0.1, 0.15) is 5.78 Å². The molecule has 0 spiro atoms. The van der Waals surface area contributed by atoms with Crippen LogP contribution >= 0.6 is 0 Å². The van der Waals surface area contributed by atoms with Crippen molar-refractivity contribution < 1.29 is 19.1 Å². The van der Waals surface area contributed by atoms with Crippen molar-refractivity contribution in [2.75, 3.05) is 14.2 Å². The van der Waals surface area contributed by atoms with Crippen molar-refractivity contribution in [2.45, 2.75) is 32.6 Å². The van der Waals surface area contributed by atoms with Crippen LogP contribution in [0.2, 0.25) is 0 Å². The highest BCUT2D eigenvalue weighted by atomic mass is 16.6. The molecule has 0 saturated heterocycles. The fraction of sp³-hybridized carbons (Fsp3) is 0.692. The minimum absolute atomic E-state index is 0.0110. The van der Waals surface area contributed by atoms with Gasteiger partial charge in [-0.25, -0.2) is 4.79 Å². The van der Waals surface area contributed by atoms with E-state index in [1.54, 1.807) is 6.08 Å². The molecule has 4 nitrogen and oxygen atoms in total. The first-order valence-electron chi connectivity index (χ1n) is 5.97. The van der Waals surface area contributed by atoms with E-state index in [1.807, 2.05) is 6.92 Å². The Kier molecular flexibility index (Phi) is 5.19. The predicted molar refractivity (Wildman–Crippen MR) is 63.2 cm³/mol. The van der Waals surface area contributed by atoms with Crippen molar-refractivity contribution in [1.82, 2.24) is 0 Å². The standard InChI is InChI=1S/C13H20O4/c1-9(8-12(16-2)13(15)17-3)10-6-4-5-7-11(10)14/h8-10H,4-7H2,1-3H3/b12-8-/t9-,10+/m1/s1. The summed E-state index contributed by atoms with van der Waals surface area (Å²) in [6.45, 7) is 1.94. The largest absolute Gasteiger partial charge is 0.490 e. The molecule has 0 amide bonds. The molecule has 96 valence electrons. The number of hydrogen-bond donors (Lipinski definition) is 0. The molecule has 1 aliphatic rings. The van der Waals surface area contributed by atoms with Gasteiger partial charge in [-0.15, -0.1) is 0 Å². The van der Waals surface area contributed by atoms with Crippen LogP contribution in [0.1, 0.15) is 32.6 Å². The number of carbonyl (C=O) groups is 2. The first-order chi connectivity index (χ1) is 8.10. The Labute approximate surface area is 102 Å². The van der Waals surface area contributed by atoms with Crippen molar-refractivity contribution >= 4 is 11.8 Å². The molecule has 0 aromatic heterocycles. The van der Waals surface area contributed by atoms with Gasteiger partial charge in [0, 0.05) is 12.3 Å². The van der Waals surface area contributed by atoms with Gasteiger partial charge in [0.15, 0.2) is 0 Å². The second kappa shape index (κ2) is 6.42. The van der Waals surface area contributed by atoms with Crippen LogP contribution in [0.25, 0.3) is 0 Å². The predicted octanol–water partition coefficient (Wildman–Crippen LogP) is 2.09. The topological polar surface area (TPSA) is 52.6 Å². The number of methoxy groups -OCH3 is 2. The lowest BCUT2D eigenvalue weighted by Crippen LogP contribution is -2.25. The molecule has 4 heteroatoms. The summed E-state index contributed by atoms with van der Waals surface area (Å²) in [5.41, 5.74) is 0. The van der Waals surface area contributed by atoms with Gasteiger partial charge in [-0.1, -0.05) is 13.3 Å². The van der Waals surface area contributed by atoms with E-state index >= 15 is 0 Å². The second-order valence-corrected chi connectivity index (χ2v) is 4.40. The third kappa shape index (κ3) is 3.58. The van der Waals surface area contributed by atoms with Crippen LogP contribution in [0.5, 0.6) is 0 Å². The quantitative estimate of drug-likeness (QED) is 0.429. The van der Waals surface area contributed by atoms with Gasteiger partial charge < -0.3 is 9.47 Å². The van der Waals surface area contributed by atoms with Gasteiger partial charge in [0.2, 0.25) is 5.76 Å². The molecule has 0 aromatic carbocycles. The number of rotatable bonds is 4. The Hall–Kier alpha value is -1.32. The second-order valence-electron chi connectivity index (χ2n) is 4.40. The summed E-state index contributed by atoms with van der Waals surface area (Å²) in [6.07, 6.45) is 5.31. The summed E-state index contributed by atoms with van der Waals surface area (Å²) in [5, 5.41) is 0. The number of allylic oxidation sites excluding steroid dienone is 1. The minimum atomic E-state index is -0.498. The smallest absolute Gasteiger partial charge is 0.372 e. The zero-order valence-electron chi connectivity index (χ0n) is 10.7. The molecular formula is C13H20O4. The number of esters is 1. The van der Waals surface area contributed by atoms with Gasteiger partial charge in [-0.2, -0.15) is 0 Å². The zero-order chi connectivity index (χ0) is 12.8. The van der Waals surface area contributed by atoms with Gasteiger partial charge >= 0.3 is 5.97 Å².